The standard InChI is InChI=1S/C31H37BrN2O5/c1-4-5-6-7-8-12-17-38-30-26(32)18-24(19-29(30)37-3)21-33-34-31(35)25-15-16-27(28(20-25)36-2)39-22-23-13-10-9-11-14-23/h9-11,13-16,18-21H,4-8,12,17,22H2,1-3H3,(H,34,35)/b33-21+. The topological polar surface area (TPSA) is 78.4 Å². The van der Waals surface area contributed by atoms with Crippen LogP contribution in [0.4, 0.5) is 0 Å². The van der Waals surface area contributed by atoms with Gasteiger partial charge in [-0.1, -0.05) is 69.4 Å². The van der Waals surface area contributed by atoms with Crippen LogP contribution in [0.15, 0.2) is 70.2 Å². The van der Waals surface area contributed by atoms with E-state index < -0.39 is 0 Å². The number of carbonyl (C=O) groups is 1. The van der Waals surface area contributed by atoms with Crippen LogP contribution in [-0.2, 0) is 6.61 Å². The van der Waals surface area contributed by atoms with Gasteiger partial charge in [-0.25, -0.2) is 5.43 Å². The number of hydrogen-bond acceptors (Lipinski definition) is 6. The summed E-state index contributed by atoms with van der Waals surface area (Å²) in [5.41, 5.74) is 4.74. The molecule has 7 nitrogen and oxygen atoms in total. The molecule has 3 aromatic carbocycles. The molecule has 0 aliphatic carbocycles. The second-order valence-electron chi connectivity index (χ2n) is 8.99. The summed E-state index contributed by atoms with van der Waals surface area (Å²) in [6.07, 6.45) is 8.74. The average Bonchev–Trinajstić information content (AvgIpc) is 2.96. The molecule has 0 radical (unpaired) electrons. The Hall–Kier alpha value is -3.52. The Morgan fingerprint density at radius 3 is 2.36 bits per heavy atom. The fourth-order valence-corrected chi connectivity index (χ4v) is 4.48. The first-order valence-electron chi connectivity index (χ1n) is 13.2. The lowest BCUT2D eigenvalue weighted by atomic mass is 10.1. The summed E-state index contributed by atoms with van der Waals surface area (Å²) in [6, 6.07) is 18.5. The van der Waals surface area contributed by atoms with Crippen molar-refractivity contribution < 1.29 is 23.7 Å². The predicted molar refractivity (Wildman–Crippen MR) is 158 cm³/mol. The van der Waals surface area contributed by atoms with E-state index in [4.69, 9.17) is 18.9 Å². The van der Waals surface area contributed by atoms with Crippen molar-refractivity contribution in [1.29, 1.82) is 0 Å². The van der Waals surface area contributed by atoms with E-state index in [2.05, 4.69) is 33.4 Å². The lowest BCUT2D eigenvalue weighted by Gasteiger charge is -2.13. The minimum Gasteiger partial charge on any atom is -0.493 e. The molecule has 0 fully saturated rings. The number of nitrogens with zero attached hydrogens (tertiary/aromatic N) is 1. The molecule has 8 heteroatoms. The van der Waals surface area contributed by atoms with Crippen molar-refractivity contribution in [3.05, 3.63) is 81.8 Å². The Kier molecular flexibility index (Phi) is 12.7. The van der Waals surface area contributed by atoms with Gasteiger partial charge in [-0.3, -0.25) is 4.79 Å². The number of halogens is 1. The zero-order chi connectivity index (χ0) is 27.9. The summed E-state index contributed by atoms with van der Waals surface area (Å²) >= 11 is 3.57. The number of nitrogens with one attached hydrogen (secondary N) is 1. The first kappa shape index (κ1) is 30.0. The molecular weight excluding hydrogens is 560 g/mol. The van der Waals surface area contributed by atoms with Gasteiger partial charge in [-0.05, 0) is 63.8 Å². The summed E-state index contributed by atoms with van der Waals surface area (Å²) in [5.74, 6) is 1.90. The van der Waals surface area contributed by atoms with Gasteiger partial charge in [-0.2, -0.15) is 5.10 Å². The van der Waals surface area contributed by atoms with Gasteiger partial charge in [-0.15, -0.1) is 0 Å². The lowest BCUT2D eigenvalue weighted by Crippen LogP contribution is -2.17. The molecule has 208 valence electrons. The van der Waals surface area contributed by atoms with Crippen LogP contribution in [-0.4, -0.2) is 32.9 Å². The maximum Gasteiger partial charge on any atom is 0.271 e. The predicted octanol–water partition coefficient (Wildman–Crippen LogP) is 7.55. The van der Waals surface area contributed by atoms with E-state index in [0.717, 1.165) is 28.4 Å². The molecule has 0 saturated heterocycles. The van der Waals surface area contributed by atoms with Gasteiger partial charge >= 0.3 is 0 Å². The van der Waals surface area contributed by atoms with E-state index in [-0.39, 0.29) is 5.91 Å². The molecule has 3 rings (SSSR count). The van der Waals surface area contributed by atoms with Gasteiger partial charge in [0, 0.05) is 5.56 Å². The summed E-state index contributed by atoms with van der Waals surface area (Å²) in [6.45, 7) is 3.24. The van der Waals surface area contributed by atoms with Crippen LogP contribution in [0.3, 0.4) is 0 Å². The zero-order valence-corrected chi connectivity index (χ0v) is 24.5. The lowest BCUT2D eigenvalue weighted by molar-refractivity contribution is 0.0954. The Bertz CT molecular complexity index is 1220. The molecule has 1 amide bonds. The van der Waals surface area contributed by atoms with Crippen molar-refractivity contribution in [1.82, 2.24) is 5.43 Å². The van der Waals surface area contributed by atoms with Crippen LogP contribution < -0.4 is 24.4 Å². The Labute approximate surface area is 239 Å². The van der Waals surface area contributed by atoms with Crippen molar-refractivity contribution in [3.8, 4) is 23.0 Å². The van der Waals surface area contributed by atoms with E-state index in [1.165, 1.54) is 32.8 Å². The van der Waals surface area contributed by atoms with Gasteiger partial charge in [0.15, 0.2) is 23.0 Å². The number of ether oxygens (including phenoxy) is 4. The Morgan fingerprint density at radius 1 is 0.872 bits per heavy atom. The number of benzene rings is 3. The number of unbranched alkanes of at least 4 members (excludes halogenated alkanes) is 5. The van der Waals surface area contributed by atoms with E-state index >= 15 is 0 Å². The minimum atomic E-state index is -0.371. The van der Waals surface area contributed by atoms with Crippen LogP contribution in [0.5, 0.6) is 23.0 Å². The van der Waals surface area contributed by atoms with E-state index in [1.54, 1.807) is 31.5 Å². The second-order valence-corrected chi connectivity index (χ2v) is 9.84. The van der Waals surface area contributed by atoms with Crippen LogP contribution in [0, 0.1) is 0 Å². The molecule has 0 unspecified atom stereocenters. The van der Waals surface area contributed by atoms with E-state index in [9.17, 15) is 4.79 Å². The highest BCUT2D eigenvalue weighted by molar-refractivity contribution is 9.10. The first-order chi connectivity index (χ1) is 19.0. The van der Waals surface area contributed by atoms with E-state index in [0.29, 0.717) is 41.8 Å². The number of hydrazone groups is 1. The van der Waals surface area contributed by atoms with Crippen LogP contribution in [0.25, 0.3) is 0 Å². The highest BCUT2D eigenvalue weighted by atomic mass is 79.9. The summed E-state index contributed by atoms with van der Waals surface area (Å²) in [4.78, 5) is 12.7. The smallest absolute Gasteiger partial charge is 0.271 e. The molecule has 0 bridgehead atoms. The number of amides is 1. The SMILES string of the molecule is CCCCCCCCOc1c(Br)cc(/C=N/NC(=O)c2ccc(OCc3ccccc3)c(OC)c2)cc1OC. The third kappa shape index (κ3) is 9.62. The highest BCUT2D eigenvalue weighted by Gasteiger charge is 2.13. The normalized spacial score (nSPS) is 10.9. The molecule has 0 aromatic heterocycles. The quantitative estimate of drug-likeness (QED) is 0.105. The molecule has 0 heterocycles. The molecule has 0 aliphatic heterocycles. The maximum atomic E-state index is 12.7. The molecular formula is C31H37BrN2O5. The Balaban J connectivity index is 1.56. The third-order valence-electron chi connectivity index (χ3n) is 6.04. The van der Waals surface area contributed by atoms with E-state index in [1.807, 2.05) is 42.5 Å². The number of hydrogen-bond donors (Lipinski definition) is 1. The minimum absolute atomic E-state index is 0.371. The molecule has 1 N–H and O–H groups in total. The van der Waals surface area contributed by atoms with Crippen molar-refractivity contribution in [2.75, 3.05) is 20.8 Å². The number of methoxy groups -OCH3 is 2. The molecule has 0 atom stereocenters. The monoisotopic (exact) mass is 596 g/mol. The zero-order valence-electron chi connectivity index (χ0n) is 22.9. The summed E-state index contributed by atoms with van der Waals surface area (Å²) in [5, 5.41) is 4.12. The fourth-order valence-electron chi connectivity index (χ4n) is 3.90. The molecule has 0 aliphatic rings. The van der Waals surface area contributed by atoms with Gasteiger partial charge in [0.05, 0.1) is 31.5 Å². The van der Waals surface area contributed by atoms with Crippen molar-refractivity contribution in [2.24, 2.45) is 5.10 Å². The summed E-state index contributed by atoms with van der Waals surface area (Å²) in [7, 11) is 3.14. The van der Waals surface area contributed by atoms with Crippen LogP contribution in [0.1, 0.15) is 66.9 Å². The molecule has 0 saturated carbocycles. The van der Waals surface area contributed by atoms with Crippen LogP contribution >= 0.6 is 15.9 Å². The van der Waals surface area contributed by atoms with Crippen molar-refractivity contribution in [2.45, 2.75) is 52.1 Å². The van der Waals surface area contributed by atoms with Crippen LogP contribution in [0.2, 0.25) is 0 Å². The highest BCUT2D eigenvalue weighted by Crippen LogP contribution is 2.36. The fraction of sp³-hybridized carbons (Fsp3) is 0.355. The molecule has 39 heavy (non-hydrogen) atoms. The maximum absolute atomic E-state index is 12.7. The largest absolute Gasteiger partial charge is 0.493 e. The second kappa shape index (κ2) is 16.4. The van der Waals surface area contributed by atoms with Crippen molar-refractivity contribution >= 4 is 28.1 Å². The van der Waals surface area contributed by atoms with Gasteiger partial charge < -0.3 is 18.9 Å². The molecule has 0 spiro atoms. The summed E-state index contributed by atoms with van der Waals surface area (Å²) < 4.78 is 23.6. The molecule has 3 aromatic rings. The average molecular weight is 598 g/mol. The first-order valence-corrected chi connectivity index (χ1v) is 14.0. The van der Waals surface area contributed by atoms with Gasteiger partial charge in [0.25, 0.3) is 5.91 Å². The number of carbonyl (C=O) groups excluding carboxylic acids is 1. The third-order valence-corrected chi connectivity index (χ3v) is 6.63. The van der Waals surface area contributed by atoms with Gasteiger partial charge in [0.1, 0.15) is 6.61 Å². The van der Waals surface area contributed by atoms with Gasteiger partial charge in [0.2, 0.25) is 0 Å². The van der Waals surface area contributed by atoms with Crippen molar-refractivity contribution in [3.63, 3.8) is 0 Å². The Morgan fingerprint density at radius 2 is 1.62 bits per heavy atom. The number of rotatable bonds is 16.